The van der Waals surface area contributed by atoms with Gasteiger partial charge in [-0.15, -0.1) is 0 Å². The highest BCUT2D eigenvalue weighted by Gasteiger charge is 2.59. The Kier molecular flexibility index (Phi) is 7.00. The standard InChI is InChI=1S/C25H36BrN3O5Si/c1-8-32-16-33-21-20(34-35(6,7)24(4,5)17(2)3)19-14-15-25(21,26)29-23(31)27(22(30)28(19)29)18-12-10-9-11-13-18/h9-15,17,19-21H,8,16H2,1-7H3/t19-,20+,21+,25+/m1/s1. The summed E-state index contributed by atoms with van der Waals surface area (Å²) in [4.78, 5) is 27.4. The molecule has 0 spiro atoms. The molecule has 0 unspecified atom stereocenters. The first-order valence-corrected chi connectivity index (χ1v) is 15.9. The molecule has 1 aliphatic carbocycles. The molecule has 8 nitrogen and oxygen atoms in total. The Bertz CT molecular complexity index is 1220. The first kappa shape index (κ1) is 26.3. The van der Waals surface area contributed by atoms with Crippen LogP contribution in [-0.2, 0) is 18.3 Å². The Morgan fingerprint density at radius 1 is 1.14 bits per heavy atom. The van der Waals surface area contributed by atoms with Gasteiger partial charge in [0.1, 0.15) is 25.0 Å². The number of alkyl halides is 1. The van der Waals surface area contributed by atoms with Gasteiger partial charge in [0, 0.05) is 6.61 Å². The summed E-state index contributed by atoms with van der Waals surface area (Å²) in [7, 11) is -2.34. The van der Waals surface area contributed by atoms with Crippen molar-refractivity contribution < 1.29 is 13.9 Å². The zero-order valence-corrected chi connectivity index (χ0v) is 24.1. The van der Waals surface area contributed by atoms with Crippen LogP contribution in [-0.4, -0.2) is 47.9 Å². The predicted molar refractivity (Wildman–Crippen MR) is 142 cm³/mol. The lowest BCUT2D eigenvalue weighted by molar-refractivity contribution is -0.160. The fraction of sp³-hybridized carbons (Fsp3) is 0.600. The molecule has 2 aliphatic heterocycles. The fourth-order valence-corrected chi connectivity index (χ4v) is 8.33. The predicted octanol–water partition coefficient (Wildman–Crippen LogP) is 4.38. The summed E-state index contributed by atoms with van der Waals surface area (Å²) in [5.74, 6) is 0.404. The summed E-state index contributed by atoms with van der Waals surface area (Å²) in [5.41, 5.74) is -0.318. The third-order valence-electron chi connectivity index (χ3n) is 8.12. The van der Waals surface area contributed by atoms with Crippen LogP contribution < -0.4 is 11.4 Å². The second-order valence-electron chi connectivity index (χ2n) is 10.6. The number of hydrogen-bond acceptors (Lipinski definition) is 5. The van der Waals surface area contributed by atoms with Gasteiger partial charge in [-0.1, -0.05) is 67.9 Å². The van der Waals surface area contributed by atoms with Gasteiger partial charge in [-0.05, 0) is 49.2 Å². The van der Waals surface area contributed by atoms with Gasteiger partial charge >= 0.3 is 11.4 Å². The highest BCUT2D eigenvalue weighted by Crippen LogP contribution is 2.51. The zero-order valence-electron chi connectivity index (χ0n) is 21.5. The van der Waals surface area contributed by atoms with Gasteiger partial charge in [0.05, 0.1) is 5.69 Å². The maximum absolute atomic E-state index is 13.7. The van der Waals surface area contributed by atoms with E-state index in [9.17, 15) is 9.59 Å². The van der Waals surface area contributed by atoms with Gasteiger partial charge in [0.2, 0.25) is 0 Å². The SMILES string of the molecule is CCOCO[C@H]1[C@@H](O[Si](C)(C)C(C)(C)C(C)C)[C@H]2C=C[C@]1(Br)n1c(=O)n(-c3ccccc3)c(=O)n12. The summed E-state index contributed by atoms with van der Waals surface area (Å²) in [5, 5.41) is -0.0437. The van der Waals surface area contributed by atoms with E-state index in [1.807, 2.05) is 25.1 Å². The minimum absolute atomic E-state index is 0.0437. The van der Waals surface area contributed by atoms with Crippen molar-refractivity contribution in [1.29, 1.82) is 0 Å². The number of halogens is 1. The molecule has 35 heavy (non-hydrogen) atoms. The van der Waals surface area contributed by atoms with E-state index in [1.165, 1.54) is 13.9 Å². The van der Waals surface area contributed by atoms with Gasteiger partial charge < -0.3 is 13.9 Å². The van der Waals surface area contributed by atoms with Crippen LogP contribution in [0.1, 0.15) is 40.7 Å². The molecule has 4 atom stereocenters. The molecule has 1 aromatic carbocycles. The molecule has 3 heterocycles. The van der Waals surface area contributed by atoms with Crippen LogP contribution in [0.2, 0.25) is 18.1 Å². The van der Waals surface area contributed by atoms with Crippen molar-refractivity contribution in [3.63, 3.8) is 0 Å². The van der Waals surface area contributed by atoms with E-state index in [-0.39, 0.29) is 11.8 Å². The van der Waals surface area contributed by atoms with E-state index in [4.69, 9.17) is 13.9 Å². The average molecular weight is 567 g/mol. The number of hydrogen-bond donors (Lipinski definition) is 0. The second kappa shape index (κ2) is 9.30. The zero-order chi connectivity index (χ0) is 25.8. The summed E-state index contributed by atoms with van der Waals surface area (Å²) in [6, 6.07) is 8.47. The number of rotatable bonds is 9. The van der Waals surface area contributed by atoms with Gasteiger partial charge in [0.15, 0.2) is 12.8 Å². The molecule has 0 saturated carbocycles. The van der Waals surface area contributed by atoms with E-state index in [1.54, 1.807) is 24.3 Å². The van der Waals surface area contributed by atoms with E-state index < -0.39 is 42.4 Å². The fourth-order valence-electron chi connectivity index (χ4n) is 4.82. The Labute approximate surface area is 215 Å². The minimum Gasteiger partial charge on any atom is -0.409 e. The minimum atomic E-state index is -2.34. The molecule has 10 heteroatoms. The lowest BCUT2D eigenvalue weighted by Crippen LogP contribution is -2.66. The molecule has 0 fully saturated rings. The van der Waals surface area contributed by atoms with Gasteiger partial charge in [-0.25, -0.2) is 23.5 Å². The van der Waals surface area contributed by atoms with E-state index in [0.29, 0.717) is 18.2 Å². The van der Waals surface area contributed by atoms with Crippen LogP contribution in [0.5, 0.6) is 0 Å². The van der Waals surface area contributed by atoms with Crippen molar-refractivity contribution in [2.24, 2.45) is 5.92 Å². The van der Waals surface area contributed by atoms with E-state index >= 15 is 0 Å². The maximum Gasteiger partial charge on any atom is 0.353 e. The summed E-state index contributed by atoms with van der Waals surface area (Å²) in [6.45, 7) is 15.8. The molecular weight excluding hydrogens is 530 g/mol. The number of ether oxygens (including phenoxy) is 2. The van der Waals surface area contributed by atoms with Crippen molar-refractivity contribution in [2.75, 3.05) is 13.4 Å². The van der Waals surface area contributed by atoms with E-state index in [0.717, 1.165) is 0 Å². The van der Waals surface area contributed by atoms with Crippen LogP contribution in [0, 0.1) is 5.92 Å². The van der Waals surface area contributed by atoms with Crippen molar-refractivity contribution in [3.05, 3.63) is 63.5 Å². The highest BCUT2D eigenvalue weighted by atomic mass is 79.9. The molecule has 0 radical (unpaired) electrons. The first-order chi connectivity index (χ1) is 16.4. The van der Waals surface area contributed by atoms with Crippen LogP contribution in [0.25, 0.3) is 5.69 Å². The number of para-hydroxylation sites is 1. The van der Waals surface area contributed by atoms with Crippen molar-refractivity contribution in [3.8, 4) is 5.69 Å². The molecule has 1 aromatic heterocycles. The van der Waals surface area contributed by atoms with Gasteiger partial charge in [0.25, 0.3) is 0 Å². The molecule has 192 valence electrons. The summed E-state index contributed by atoms with van der Waals surface area (Å²) in [6.07, 6.45) is 2.78. The quantitative estimate of drug-likeness (QED) is 0.148. The smallest absolute Gasteiger partial charge is 0.353 e. The van der Waals surface area contributed by atoms with E-state index in [2.05, 4.69) is 56.7 Å². The largest absolute Gasteiger partial charge is 0.409 e. The molecule has 0 N–H and O–H groups in total. The summed E-state index contributed by atoms with van der Waals surface area (Å²) >= 11 is 3.81. The van der Waals surface area contributed by atoms with Crippen molar-refractivity contribution >= 4 is 24.2 Å². The molecule has 2 aromatic rings. The lowest BCUT2D eigenvalue weighted by Gasteiger charge is -2.53. The molecule has 3 aliphatic rings. The second-order valence-corrected chi connectivity index (χ2v) is 16.5. The van der Waals surface area contributed by atoms with Crippen LogP contribution >= 0.6 is 15.9 Å². The van der Waals surface area contributed by atoms with Gasteiger partial charge in [-0.3, -0.25) is 0 Å². The summed E-state index contributed by atoms with van der Waals surface area (Å²) < 4.78 is 21.9. The third-order valence-corrected chi connectivity index (χ3v) is 13.7. The normalized spacial score (nSPS) is 25.9. The van der Waals surface area contributed by atoms with Crippen molar-refractivity contribution in [2.45, 2.75) is 75.4 Å². The van der Waals surface area contributed by atoms with Crippen LogP contribution in [0.4, 0.5) is 0 Å². The third kappa shape index (κ3) is 4.07. The number of fused-ring (bicyclic) bond motifs is 1. The topological polar surface area (TPSA) is 76.6 Å². The molecule has 0 saturated heterocycles. The van der Waals surface area contributed by atoms with Crippen LogP contribution in [0.15, 0.2) is 52.1 Å². The Morgan fingerprint density at radius 3 is 2.40 bits per heavy atom. The van der Waals surface area contributed by atoms with Crippen molar-refractivity contribution in [1.82, 2.24) is 13.9 Å². The highest BCUT2D eigenvalue weighted by molar-refractivity contribution is 9.09. The Balaban J connectivity index is 1.87. The molecular formula is C25H36BrN3O5Si. The first-order valence-electron chi connectivity index (χ1n) is 12.2. The van der Waals surface area contributed by atoms with Crippen LogP contribution in [0.3, 0.4) is 0 Å². The average Bonchev–Trinajstić information content (AvgIpc) is 3.07. The number of nitrogens with zero attached hydrogens (tertiary/aromatic N) is 3. The Hall–Kier alpha value is -1.72. The molecule has 0 amide bonds. The van der Waals surface area contributed by atoms with Gasteiger partial charge in [-0.2, -0.15) is 0 Å². The maximum atomic E-state index is 13.7. The molecule has 5 rings (SSSR count). The number of aromatic nitrogens is 3. The lowest BCUT2D eigenvalue weighted by atomic mass is 9.90. The Morgan fingerprint density at radius 2 is 1.80 bits per heavy atom. The monoisotopic (exact) mass is 565 g/mol. The molecule has 2 bridgehead atoms. The number of benzene rings is 1.